The van der Waals surface area contributed by atoms with E-state index in [1.807, 2.05) is 71.0 Å². The minimum Gasteiger partial charge on any atom is -0.473 e. The number of benzene rings is 2. The van der Waals surface area contributed by atoms with E-state index in [0.29, 0.717) is 11.2 Å². The third kappa shape index (κ3) is 3.82. The SMILES string of the molecule is Cc1ccc(NC(=O)c2nc3cc(C)c(C)cc3nc2OC(C)C)cc1. The van der Waals surface area contributed by atoms with Gasteiger partial charge in [0.05, 0.1) is 17.1 Å². The summed E-state index contributed by atoms with van der Waals surface area (Å²) in [5.74, 6) is -0.0857. The Bertz CT molecular complexity index is 963. The molecule has 0 saturated heterocycles. The average Bonchev–Trinajstić information content (AvgIpc) is 2.57. The molecule has 26 heavy (non-hydrogen) atoms. The zero-order chi connectivity index (χ0) is 18.8. The number of carbonyl (C=O) groups is 1. The largest absolute Gasteiger partial charge is 0.473 e. The predicted molar refractivity (Wildman–Crippen MR) is 104 cm³/mol. The molecule has 0 bridgehead atoms. The summed E-state index contributed by atoms with van der Waals surface area (Å²) < 4.78 is 5.77. The monoisotopic (exact) mass is 349 g/mol. The molecule has 1 N–H and O–H groups in total. The maximum atomic E-state index is 12.8. The Kier molecular flexibility index (Phi) is 4.89. The van der Waals surface area contributed by atoms with Crippen LogP contribution in [0, 0.1) is 20.8 Å². The lowest BCUT2D eigenvalue weighted by Gasteiger charge is -2.14. The molecule has 0 spiro atoms. The Balaban J connectivity index is 2.04. The van der Waals surface area contributed by atoms with Gasteiger partial charge in [0, 0.05) is 5.69 Å². The molecule has 134 valence electrons. The minimum atomic E-state index is -0.336. The second-order valence-electron chi connectivity index (χ2n) is 6.79. The summed E-state index contributed by atoms with van der Waals surface area (Å²) in [4.78, 5) is 21.9. The van der Waals surface area contributed by atoms with E-state index < -0.39 is 0 Å². The molecule has 2 aromatic carbocycles. The summed E-state index contributed by atoms with van der Waals surface area (Å²) >= 11 is 0. The standard InChI is InChI=1S/C21H23N3O2/c1-12(2)26-21-19(20(25)22-16-8-6-13(3)7-9-16)23-17-10-14(4)15(5)11-18(17)24-21/h6-12H,1-5H3,(H,22,25). The van der Waals surface area contributed by atoms with E-state index in [-0.39, 0.29) is 23.6 Å². The number of aromatic nitrogens is 2. The lowest BCUT2D eigenvalue weighted by Crippen LogP contribution is -2.18. The zero-order valence-electron chi connectivity index (χ0n) is 15.8. The molecule has 0 atom stereocenters. The number of aryl methyl sites for hydroxylation is 3. The quantitative estimate of drug-likeness (QED) is 0.748. The number of ether oxygens (including phenoxy) is 1. The summed E-state index contributed by atoms with van der Waals surface area (Å²) in [7, 11) is 0. The van der Waals surface area contributed by atoms with E-state index in [9.17, 15) is 4.79 Å². The first-order valence-electron chi connectivity index (χ1n) is 8.67. The molecule has 3 rings (SSSR count). The van der Waals surface area contributed by atoms with Gasteiger partial charge in [-0.2, -0.15) is 0 Å². The number of hydrogen-bond acceptors (Lipinski definition) is 4. The van der Waals surface area contributed by atoms with Crippen molar-refractivity contribution in [2.24, 2.45) is 0 Å². The van der Waals surface area contributed by atoms with E-state index in [1.165, 1.54) is 0 Å². The lowest BCUT2D eigenvalue weighted by atomic mass is 10.1. The van der Waals surface area contributed by atoms with Crippen molar-refractivity contribution in [1.29, 1.82) is 0 Å². The number of rotatable bonds is 4. The fourth-order valence-electron chi connectivity index (χ4n) is 2.58. The molecular formula is C21H23N3O2. The fourth-order valence-corrected chi connectivity index (χ4v) is 2.58. The first-order chi connectivity index (χ1) is 12.3. The second-order valence-corrected chi connectivity index (χ2v) is 6.79. The number of nitrogens with one attached hydrogen (secondary N) is 1. The van der Waals surface area contributed by atoms with Gasteiger partial charge in [0.15, 0.2) is 5.69 Å². The molecule has 0 fully saturated rings. The molecule has 0 aliphatic heterocycles. The molecule has 1 amide bonds. The number of amides is 1. The number of hydrogen-bond donors (Lipinski definition) is 1. The van der Waals surface area contributed by atoms with Crippen LogP contribution in [0.25, 0.3) is 11.0 Å². The van der Waals surface area contributed by atoms with Crippen molar-refractivity contribution in [3.05, 3.63) is 58.8 Å². The number of carbonyl (C=O) groups excluding carboxylic acids is 1. The summed E-state index contributed by atoms with van der Waals surface area (Å²) in [5, 5.41) is 2.87. The maximum Gasteiger partial charge on any atom is 0.279 e. The van der Waals surface area contributed by atoms with Crippen LogP contribution in [0.4, 0.5) is 5.69 Å². The van der Waals surface area contributed by atoms with Gasteiger partial charge in [-0.05, 0) is 70.0 Å². The third-order valence-corrected chi connectivity index (χ3v) is 4.12. The van der Waals surface area contributed by atoms with Crippen molar-refractivity contribution in [2.45, 2.75) is 40.7 Å². The van der Waals surface area contributed by atoms with Crippen LogP contribution >= 0.6 is 0 Å². The van der Waals surface area contributed by atoms with Gasteiger partial charge < -0.3 is 10.1 Å². The summed E-state index contributed by atoms with van der Waals surface area (Å²) in [6, 6.07) is 11.5. The highest BCUT2D eigenvalue weighted by molar-refractivity contribution is 6.05. The molecule has 1 heterocycles. The van der Waals surface area contributed by atoms with Gasteiger partial charge in [-0.15, -0.1) is 0 Å². The topological polar surface area (TPSA) is 64.1 Å². The first-order valence-corrected chi connectivity index (χ1v) is 8.67. The highest BCUT2D eigenvalue weighted by atomic mass is 16.5. The minimum absolute atomic E-state index is 0.112. The molecule has 5 heteroatoms. The molecule has 0 radical (unpaired) electrons. The normalized spacial score (nSPS) is 11.0. The fraction of sp³-hybridized carbons (Fsp3) is 0.286. The van der Waals surface area contributed by atoms with Crippen LogP contribution in [-0.4, -0.2) is 22.0 Å². The average molecular weight is 349 g/mol. The zero-order valence-corrected chi connectivity index (χ0v) is 15.8. The van der Waals surface area contributed by atoms with Crippen molar-refractivity contribution in [3.63, 3.8) is 0 Å². The van der Waals surface area contributed by atoms with Gasteiger partial charge in [-0.3, -0.25) is 4.79 Å². The lowest BCUT2D eigenvalue weighted by molar-refractivity contribution is 0.101. The van der Waals surface area contributed by atoms with Crippen LogP contribution in [0.15, 0.2) is 36.4 Å². The van der Waals surface area contributed by atoms with Gasteiger partial charge in [0.25, 0.3) is 5.91 Å². The smallest absolute Gasteiger partial charge is 0.279 e. The van der Waals surface area contributed by atoms with Crippen molar-refractivity contribution in [2.75, 3.05) is 5.32 Å². The van der Waals surface area contributed by atoms with Crippen molar-refractivity contribution < 1.29 is 9.53 Å². The molecule has 1 aromatic heterocycles. The highest BCUT2D eigenvalue weighted by Gasteiger charge is 2.19. The number of anilines is 1. The maximum absolute atomic E-state index is 12.8. The molecule has 5 nitrogen and oxygen atoms in total. The van der Waals surface area contributed by atoms with E-state index in [0.717, 1.165) is 22.2 Å². The molecule has 0 unspecified atom stereocenters. The Morgan fingerprint density at radius 2 is 1.54 bits per heavy atom. The molecule has 0 saturated carbocycles. The summed E-state index contributed by atoms with van der Waals surface area (Å²) in [5.41, 5.74) is 5.65. The van der Waals surface area contributed by atoms with Crippen LogP contribution in [0.3, 0.4) is 0 Å². The van der Waals surface area contributed by atoms with Crippen molar-refractivity contribution in [1.82, 2.24) is 9.97 Å². The number of fused-ring (bicyclic) bond motifs is 1. The van der Waals surface area contributed by atoms with E-state index >= 15 is 0 Å². The molecule has 3 aromatic rings. The highest BCUT2D eigenvalue weighted by Crippen LogP contribution is 2.24. The Morgan fingerprint density at radius 1 is 0.962 bits per heavy atom. The van der Waals surface area contributed by atoms with Crippen LogP contribution in [0.1, 0.15) is 41.0 Å². The van der Waals surface area contributed by atoms with E-state index in [1.54, 1.807) is 0 Å². The first kappa shape index (κ1) is 17.9. The van der Waals surface area contributed by atoms with Gasteiger partial charge in [0.1, 0.15) is 0 Å². The third-order valence-electron chi connectivity index (χ3n) is 4.12. The van der Waals surface area contributed by atoms with Crippen LogP contribution < -0.4 is 10.1 Å². The number of nitrogens with zero attached hydrogens (tertiary/aromatic N) is 2. The Labute approximate surface area is 153 Å². The summed E-state index contributed by atoms with van der Waals surface area (Å²) in [6.07, 6.45) is -0.112. The van der Waals surface area contributed by atoms with Crippen LogP contribution in [-0.2, 0) is 0 Å². The van der Waals surface area contributed by atoms with Gasteiger partial charge in [0.2, 0.25) is 5.88 Å². The van der Waals surface area contributed by atoms with Gasteiger partial charge in [-0.1, -0.05) is 17.7 Å². The van der Waals surface area contributed by atoms with Crippen molar-refractivity contribution >= 4 is 22.6 Å². The van der Waals surface area contributed by atoms with E-state index in [2.05, 4.69) is 15.3 Å². The van der Waals surface area contributed by atoms with Crippen LogP contribution in [0.2, 0.25) is 0 Å². The van der Waals surface area contributed by atoms with Gasteiger partial charge in [-0.25, -0.2) is 9.97 Å². The Morgan fingerprint density at radius 3 is 2.12 bits per heavy atom. The van der Waals surface area contributed by atoms with E-state index in [4.69, 9.17) is 4.74 Å². The van der Waals surface area contributed by atoms with Crippen molar-refractivity contribution in [3.8, 4) is 5.88 Å². The summed E-state index contributed by atoms with van der Waals surface area (Å²) in [6.45, 7) is 9.83. The van der Waals surface area contributed by atoms with Gasteiger partial charge >= 0.3 is 0 Å². The van der Waals surface area contributed by atoms with Crippen LogP contribution in [0.5, 0.6) is 5.88 Å². The molecule has 0 aliphatic carbocycles. The molecule has 0 aliphatic rings. The predicted octanol–water partition coefficient (Wildman–Crippen LogP) is 4.59. The Hall–Kier alpha value is -2.95. The molecular weight excluding hydrogens is 326 g/mol. The second kappa shape index (κ2) is 7.12.